The smallest absolute Gasteiger partial charge is 0.355 e. The summed E-state index contributed by atoms with van der Waals surface area (Å²) < 4.78 is 11.9. The molecule has 3 aromatic carbocycles. The third-order valence-electron chi connectivity index (χ3n) is 4.47. The normalized spacial score (nSPS) is 11.2. The molecule has 4 nitrogen and oxygen atoms in total. The zero-order valence-electron chi connectivity index (χ0n) is 16.4. The van der Waals surface area contributed by atoms with Crippen LogP contribution in [-0.4, -0.2) is 19.3 Å². The molecule has 0 bridgehead atoms. The molecule has 0 fully saturated rings. The first kappa shape index (κ1) is 20.1. The molecule has 30 heavy (non-hydrogen) atoms. The van der Waals surface area contributed by atoms with Crippen molar-refractivity contribution < 1.29 is 14.3 Å². The van der Waals surface area contributed by atoms with Crippen molar-refractivity contribution in [3.05, 3.63) is 87.8 Å². The molecule has 6 heteroatoms. The first-order chi connectivity index (χ1) is 14.5. The lowest BCUT2D eigenvalue weighted by Crippen LogP contribution is -2.08. The number of ether oxygens (including phenoxy) is 2. The molecule has 0 unspecified atom stereocenters. The largest absolute Gasteiger partial charge is 0.493 e. The van der Waals surface area contributed by atoms with Crippen LogP contribution in [0, 0.1) is 6.92 Å². The Morgan fingerprint density at radius 3 is 2.63 bits per heavy atom. The number of aryl methyl sites for hydroxylation is 1. The highest BCUT2D eigenvalue weighted by Gasteiger charge is 2.20. The molecule has 4 rings (SSSR count). The summed E-state index contributed by atoms with van der Waals surface area (Å²) in [5.74, 6) is 0.248. The molecule has 1 aromatic heterocycles. The van der Waals surface area contributed by atoms with Crippen LogP contribution in [0.15, 0.2) is 71.7 Å². The molecule has 0 aliphatic carbocycles. The second-order valence-electron chi connectivity index (χ2n) is 6.64. The number of hydrogen-bond donors (Lipinski definition) is 0. The number of esters is 1. The number of aliphatic imine (C=N–C) groups is 1. The summed E-state index contributed by atoms with van der Waals surface area (Å²) in [4.78, 5) is 17.6. The van der Waals surface area contributed by atoms with Crippen molar-refractivity contribution in [2.75, 3.05) is 7.11 Å². The molecule has 4 aromatic rings. The fourth-order valence-corrected chi connectivity index (χ4v) is 4.38. The first-order valence-electron chi connectivity index (χ1n) is 9.23. The van der Waals surface area contributed by atoms with Crippen molar-refractivity contribution in [3.8, 4) is 11.5 Å². The van der Waals surface area contributed by atoms with Crippen LogP contribution in [0.4, 0.5) is 5.69 Å². The summed E-state index contributed by atoms with van der Waals surface area (Å²) in [6.45, 7) is 2.02. The summed E-state index contributed by atoms with van der Waals surface area (Å²) in [5, 5.41) is 1.24. The van der Waals surface area contributed by atoms with E-state index in [2.05, 4.69) is 4.99 Å². The van der Waals surface area contributed by atoms with Crippen molar-refractivity contribution in [3.63, 3.8) is 0 Å². The van der Waals surface area contributed by atoms with Gasteiger partial charge in [-0.15, -0.1) is 11.3 Å². The summed E-state index contributed by atoms with van der Waals surface area (Å²) in [7, 11) is 1.53. The monoisotopic (exact) mass is 435 g/mol. The minimum absolute atomic E-state index is 0.323. The molecule has 0 saturated carbocycles. The maximum absolute atomic E-state index is 12.7. The van der Waals surface area contributed by atoms with Gasteiger partial charge in [0.15, 0.2) is 11.5 Å². The predicted molar refractivity (Wildman–Crippen MR) is 123 cm³/mol. The van der Waals surface area contributed by atoms with Crippen molar-refractivity contribution in [2.45, 2.75) is 6.92 Å². The number of carbonyl (C=O) groups excluding carboxylic acids is 1. The molecular weight excluding hydrogens is 418 g/mol. The van der Waals surface area contributed by atoms with Crippen molar-refractivity contribution in [1.82, 2.24) is 0 Å². The van der Waals surface area contributed by atoms with Gasteiger partial charge in [0.1, 0.15) is 4.88 Å². The second kappa shape index (κ2) is 8.69. The van der Waals surface area contributed by atoms with Gasteiger partial charge in [0.05, 0.1) is 17.8 Å². The Morgan fingerprint density at radius 2 is 1.87 bits per heavy atom. The van der Waals surface area contributed by atoms with E-state index in [9.17, 15) is 4.79 Å². The van der Waals surface area contributed by atoms with Gasteiger partial charge in [-0.3, -0.25) is 4.99 Å². The number of halogens is 1. The standard InChI is InChI=1S/C24H18ClNO3S/c1-15-6-5-7-17(12-15)26-14-16-10-11-19(20(13-16)28-2)29-24(27)23-22(25)18-8-3-4-9-21(18)30-23/h3-14H,1-2H3. The van der Waals surface area contributed by atoms with E-state index in [0.29, 0.717) is 21.4 Å². The van der Waals surface area contributed by atoms with Crippen molar-refractivity contribution in [2.24, 2.45) is 4.99 Å². The Balaban J connectivity index is 1.57. The average molecular weight is 436 g/mol. The predicted octanol–water partition coefficient (Wildman–Crippen LogP) is 6.84. The lowest BCUT2D eigenvalue weighted by atomic mass is 10.2. The Kier molecular flexibility index (Phi) is 5.84. The Hall–Kier alpha value is -3.15. The van der Waals surface area contributed by atoms with E-state index in [0.717, 1.165) is 26.9 Å². The average Bonchev–Trinajstić information content (AvgIpc) is 3.10. The van der Waals surface area contributed by atoms with E-state index in [4.69, 9.17) is 21.1 Å². The Labute approximate surface area is 183 Å². The van der Waals surface area contributed by atoms with Crippen LogP contribution in [0.2, 0.25) is 5.02 Å². The third-order valence-corrected chi connectivity index (χ3v) is 6.13. The number of carbonyl (C=O) groups is 1. The number of thiophene rings is 1. The lowest BCUT2D eigenvalue weighted by molar-refractivity contribution is 0.0735. The van der Waals surface area contributed by atoms with Crippen LogP contribution >= 0.6 is 22.9 Å². The maximum atomic E-state index is 12.7. The van der Waals surface area contributed by atoms with Crippen LogP contribution in [0.5, 0.6) is 11.5 Å². The van der Waals surface area contributed by atoms with Gasteiger partial charge in [-0.05, 0) is 54.4 Å². The molecule has 1 heterocycles. The lowest BCUT2D eigenvalue weighted by Gasteiger charge is -2.09. The topological polar surface area (TPSA) is 47.9 Å². The summed E-state index contributed by atoms with van der Waals surface area (Å²) in [5.41, 5.74) is 2.83. The Bertz CT molecular complexity index is 1260. The number of hydrogen-bond acceptors (Lipinski definition) is 5. The van der Waals surface area contributed by atoms with Crippen molar-refractivity contribution in [1.29, 1.82) is 0 Å². The van der Waals surface area contributed by atoms with Gasteiger partial charge in [-0.25, -0.2) is 4.79 Å². The molecule has 150 valence electrons. The van der Waals surface area contributed by atoms with Gasteiger partial charge >= 0.3 is 5.97 Å². The van der Waals surface area contributed by atoms with Gasteiger partial charge in [0.25, 0.3) is 0 Å². The molecule has 0 spiro atoms. The van der Waals surface area contributed by atoms with Crippen LogP contribution < -0.4 is 9.47 Å². The molecule has 0 atom stereocenters. The number of benzene rings is 3. The van der Waals surface area contributed by atoms with E-state index in [-0.39, 0.29) is 0 Å². The second-order valence-corrected chi connectivity index (χ2v) is 8.07. The van der Waals surface area contributed by atoms with Crippen LogP contribution in [0.3, 0.4) is 0 Å². The van der Waals surface area contributed by atoms with Gasteiger partial charge in [0.2, 0.25) is 0 Å². The highest BCUT2D eigenvalue weighted by atomic mass is 35.5. The van der Waals surface area contributed by atoms with E-state index in [1.807, 2.05) is 61.5 Å². The minimum Gasteiger partial charge on any atom is -0.493 e. The van der Waals surface area contributed by atoms with Crippen LogP contribution in [-0.2, 0) is 0 Å². The van der Waals surface area contributed by atoms with Gasteiger partial charge in [0, 0.05) is 16.3 Å². The van der Waals surface area contributed by atoms with E-state index in [1.54, 1.807) is 18.3 Å². The SMILES string of the molecule is COc1cc(C=Nc2cccc(C)c2)ccc1OC(=O)c1sc2ccccc2c1Cl. The van der Waals surface area contributed by atoms with E-state index < -0.39 is 5.97 Å². The molecule has 0 aliphatic heterocycles. The first-order valence-corrected chi connectivity index (χ1v) is 10.4. The summed E-state index contributed by atoms with van der Waals surface area (Å²) in [6.07, 6.45) is 1.74. The van der Waals surface area contributed by atoms with Crippen molar-refractivity contribution >= 4 is 50.9 Å². The molecule has 0 radical (unpaired) electrons. The highest BCUT2D eigenvalue weighted by molar-refractivity contribution is 7.21. The van der Waals surface area contributed by atoms with E-state index in [1.165, 1.54) is 18.4 Å². The Morgan fingerprint density at radius 1 is 1.03 bits per heavy atom. The maximum Gasteiger partial charge on any atom is 0.355 e. The quantitative estimate of drug-likeness (QED) is 0.196. The summed E-state index contributed by atoms with van der Waals surface area (Å²) in [6, 6.07) is 20.8. The number of rotatable bonds is 5. The fraction of sp³-hybridized carbons (Fsp3) is 0.0833. The highest BCUT2D eigenvalue weighted by Crippen LogP contribution is 2.37. The fourth-order valence-electron chi connectivity index (χ4n) is 3.00. The zero-order valence-corrected chi connectivity index (χ0v) is 18.0. The number of fused-ring (bicyclic) bond motifs is 1. The van der Waals surface area contributed by atoms with Gasteiger partial charge in [-0.2, -0.15) is 0 Å². The van der Waals surface area contributed by atoms with E-state index >= 15 is 0 Å². The zero-order chi connectivity index (χ0) is 21.1. The molecule has 0 amide bonds. The van der Waals surface area contributed by atoms with Crippen LogP contribution in [0.25, 0.3) is 10.1 Å². The summed E-state index contributed by atoms with van der Waals surface area (Å²) >= 11 is 7.69. The van der Waals surface area contributed by atoms with Gasteiger partial charge < -0.3 is 9.47 Å². The number of methoxy groups -OCH3 is 1. The molecular formula is C24H18ClNO3S. The van der Waals surface area contributed by atoms with Gasteiger partial charge in [-0.1, -0.05) is 41.9 Å². The molecule has 0 saturated heterocycles. The van der Waals surface area contributed by atoms with Crippen LogP contribution in [0.1, 0.15) is 20.8 Å². The minimum atomic E-state index is -0.513. The third kappa shape index (κ3) is 4.22. The molecule has 0 aliphatic rings. The molecule has 0 N–H and O–H groups in total. The number of nitrogens with zero attached hydrogens (tertiary/aromatic N) is 1.